The largest absolute Gasteiger partial charge is 0.497 e. The van der Waals surface area contributed by atoms with Crippen molar-refractivity contribution in [3.8, 4) is 5.75 Å². The topological polar surface area (TPSA) is 109 Å². The van der Waals surface area contributed by atoms with Crippen LogP contribution in [0.25, 0.3) is 0 Å². The van der Waals surface area contributed by atoms with Crippen molar-refractivity contribution in [2.45, 2.75) is 26.3 Å². The molecule has 1 aliphatic heterocycles. The number of methoxy groups -OCH3 is 2. The average Bonchev–Trinajstić information content (AvgIpc) is 2.81. The van der Waals surface area contributed by atoms with Crippen LogP contribution in [0.4, 0.5) is 21.0 Å². The number of urea groups is 2. The first-order chi connectivity index (χ1) is 15.9. The third-order valence-electron chi connectivity index (χ3n) is 5.25. The minimum Gasteiger partial charge on any atom is -0.497 e. The van der Waals surface area contributed by atoms with Crippen molar-refractivity contribution in [2.75, 3.05) is 31.4 Å². The number of allylic oxidation sites excluding steroid dienone is 1. The van der Waals surface area contributed by atoms with Crippen LogP contribution in [0.2, 0.25) is 0 Å². The SMILES string of the molecule is CCCN1C(=O)NC(c2cccc(NC(=O)Nc3cccc(OC)c3)c2)C(C(=O)OC)=C1C. The van der Waals surface area contributed by atoms with Crippen LogP contribution in [-0.2, 0) is 9.53 Å². The number of carbonyl (C=O) groups is 3. The molecule has 174 valence electrons. The zero-order valence-corrected chi connectivity index (χ0v) is 19.1. The van der Waals surface area contributed by atoms with Crippen LogP contribution in [0.1, 0.15) is 31.9 Å². The van der Waals surface area contributed by atoms with E-state index in [9.17, 15) is 14.4 Å². The molecule has 9 nitrogen and oxygen atoms in total. The van der Waals surface area contributed by atoms with Gasteiger partial charge in [-0.3, -0.25) is 4.90 Å². The molecule has 2 aromatic carbocycles. The molecule has 0 bridgehead atoms. The Morgan fingerprint density at radius 2 is 1.73 bits per heavy atom. The maximum Gasteiger partial charge on any atom is 0.337 e. The zero-order chi connectivity index (χ0) is 24.0. The predicted octanol–water partition coefficient (Wildman–Crippen LogP) is 4.26. The number of esters is 1. The number of hydrogen-bond donors (Lipinski definition) is 3. The van der Waals surface area contributed by atoms with Crippen molar-refractivity contribution in [3.63, 3.8) is 0 Å². The summed E-state index contributed by atoms with van der Waals surface area (Å²) in [4.78, 5) is 39.3. The summed E-state index contributed by atoms with van der Waals surface area (Å²) in [5.41, 5.74) is 2.61. The van der Waals surface area contributed by atoms with Crippen molar-refractivity contribution in [1.82, 2.24) is 10.2 Å². The fraction of sp³-hybridized carbons (Fsp3) is 0.292. The van der Waals surface area contributed by atoms with Gasteiger partial charge < -0.3 is 25.4 Å². The lowest BCUT2D eigenvalue weighted by atomic mass is 9.94. The summed E-state index contributed by atoms with van der Waals surface area (Å²) in [5.74, 6) is 0.102. The number of rotatable bonds is 7. The van der Waals surface area contributed by atoms with Gasteiger partial charge in [-0.2, -0.15) is 0 Å². The predicted molar refractivity (Wildman–Crippen MR) is 125 cm³/mol. The van der Waals surface area contributed by atoms with Gasteiger partial charge in [-0.25, -0.2) is 14.4 Å². The fourth-order valence-electron chi connectivity index (χ4n) is 3.69. The quantitative estimate of drug-likeness (QED) is 0.544. The third-order valence-corrected chi connectivity index (χ3v) is 5.25. The van der Waals surface area contributed by atoms with Gasteiger partial charge in [-0.1, -0.05) is 25.1 Å². The van der Waals surface area contributed by atoms with Crippen LogP contribution in [0.5, 0.6) is 5.75 Å². The number of benzene rings is 2. The van der Waals surface area contributed by atoms with Gasteiger partial charge in [0, 0.05) is 29.7 Å². The zero-order valence-electron chi connectivity index (χ0n) is 19.1. The molecule has 2 aromatic rings. The molecule has 1 atom stereocenters. The minimum atomic E-state index is -0.707. The lowest BCUT2D eigenvalue weighted by molar-refractivity contribution is -0.136. The summed E-state index contributed by atoms with van der Waals surface area (Å²) in [6, 6.07) is 12.5. The highest BCUT2D eigenvalue weighted by atomic mass is 16.5. The maximum atomic E-state index is 12.7. The molecule has 1 heterocycles. The first-order valence-corrected chi connectivity index (χ1v) is 10.6. The first kappa shape index (κ1) is 23.6. The number of anilines is 2. The fourth-order valence-corrected chi connectivity index (χ4v) is 3.69. The molecule has 0 spiro atoms. The van der Waals surface area contributed by atoms with Crippen LogP contribution in [0.3, 0.4) is 0 Å². The van der Waals surface area contributed by atoms with Crippen molar-refractivity contribution in [1.29, 1.82) is 0 Å². The van der Waals surface area contributed by atoms with Crippen LogP contribution < -0.4 is 20.7 Å². The van der Waals surface area contributed by atoms with E-state index in [4.69, 9.17) is 9.47 Å². The van der Waals surface area contributed by atoms with E-state index in [1.165, 1.54) is 12.0 Å². The molecule has 1 aliphatic rings. The molecular formula is C24H28N4O5. The summed E-state index contributed by atoms with van der Waals surface area (Å²) >= 11 is 0. The summed E-state index contributed by atoms with van der Waals surface area (Å²) in [5, 5.41) is 8.40. The van der Waals surface area contributed by atoms with Gasteiger partial charge in [0.25, 0.3) is 0 Å². The second-order valence-electron chi connectivity index (χ2n) is 7.46. The molecule has 4 amide bonds. The molecule has 33 heavy (non-hydrogen) atoms. The molecule has 0 saturated heterocycles. The van der Waals surface area contributed by atoms with Gasteiger partial charge in [0.1, 0.15) is 5.75 Å². The maximum absolute atomic E-state index is 12.7. The van der Waals surface area contributed by atoms with Crippen molar-refractivity contribution in [2.24, 2.45) is 0 Å². The minimum absolute atomic E-state index is 0.291. The van der Waals surface area contributed by atoms with Crippen molar-refractivity contribution >= 4 is 29.4 Å². The van der Waals surface area contributed by atoms with E-state index < -0.39 is 18.0 Å². The van der Waals surface area contributed by atoms with Gasteiger partial charge >= 0.3 is 18.0 Å². The Morgan fingerprint density at radius 3 is 2.36 bits per heavy atom. The Hall–Kier alpha value is -4.01. The summed E-state index contributed by atoms with van der Waals surface area (Å²) in [6.45, 7) is 4.17. The summed E-state index contributed by atoms with van der Waals surface area (Å²) in [7, 11) is 2.86. The van der Waals surface area contributed by atoms with Gasteiger partial charge in [-0.15, -0.1) is 0 Å². The van der Waals surface area contributed by atoms with Crippen molar-refractivity contribution < 1.29 is 23.9 Å². The van der Waals surface area contributed by atoms with Crippen molar-refractivity contribution in [3.05, 3.63) is 65.4 Å². The van der Waals surface area contributed by atoms with E-state index >= 15 is 0 Å². The number of nitrogens with zero attached hydrogens (tertiary/aromatic N) is 1. The average molecular weight is 453 g/mol. The highest BCUT2D eigenvalue weighted by molar-refractivity contribution is 6.00. The van der Waals surface area contributed by atoms with Crippen LogP contribution in [-0.4, -0.2) is 43.7 Å². The van der Waals surface area contributed by atoms with E-state index in [-0.39, 0.29) is 6.03 Å². The van der Waals surface area contributed by atoms with Gasteiger partial charge in [-0.05, 0) is 43.2 Å². The first-order valence-electron chi connectivity index (χ1n) is 10.6. The Morgan fingerprint density at radius 1 is 1.06 bits per heavy atom. The second kappa shape index (κ2) is 10.5. The Labute approximate surface area is 192 Å². The third kappa shape index (κ3) is 5.43. The van der Waals surface area contributed by atoms with Crippen LogP contribution >= 0.6 is 0 Å². The summed E-state index contributed by atoms with van der Waals surface area (Å²) in [6.07, 6.45) is 0.742. The van der Waals surface area contributed by atoms with E-state index in [2.05, 4.69) is 16.0 Å². The van der Waals surface area contributed by atoms with Gasteiger partial charge in [0.2, 0.25) is 0 Å². The Bertz CT molecular complexity index is 1080. The molecule has 0 fully saturated rings. The van der Waals surface area contributed by atoms with Gasteiger partial charge in [0.15, 0.2) is 0 Å². The lowest BCUT2D eigenvalue weighted by Gasteiger charge is -2.35. The number of amides is 4. The standard InChI is InChI=1S/C24H28N4O5/c1-5-12-28-15(2)20(22(29)33-4)21(27-24(28)31)16-8-6-9-17(13-16)25-23(30)26-18-10-7-11-19(14-18)32-3/h6-11,13-14,21H,5,12H2,1-4H3,(H,27,31)(H2,25,26,30). The highest BCUT2D eigenvalue weighted by Crippen LogP contribution is 2.32. The molecule has 1 unspecified atom stereocenters. The highest BCUT2D eigenvalue weighted by Gasteiger charge is 2.36. The molecule has 0 aromatic heterocycles. The number of nitrogens with one attached hydrogen (secondary N) is 3. The lowest BCUT2D eigenvalue weighted by Crippen LogP contribution is -2.48. The Balaban J connectivity index is 1.84. The molecule has 9 heteroatoms. The van der Waals surface area contributed by atoms with E-state index in [0.717, 1.165) is 6.42 Å². The molecule has 3 N–H and O–H groups in total. The van der Waals surface area contributed by atoms with Gasteiger partial charge in [0.05, 0.1) is 25.8 Å². The van der Waals surface area contributed by atoms with Crippen LogP contribution in [0, 0.1) is 0 Å². The summed E-state index contributed by atoms with van der Waals surface area (Å²) < 4.78 is 10.2. The molecule has 3 rings (SSSR count). The number of hydrogen-bond acceptors (Lipinski definition) is 5. The second-order valence-corrected chi connectivity index (χ2v) is 7.46. The smallest absolute Gasteiger partial charge is 0.337 e. The van der Waals surface area contributed by atoms with Crippen LogP contribution in [0.15, 0.2) is 59.8 Å². The Kier molecular flexibility index (Phi) is 7.55. The number of ether oxygens (including phenoxy) is 2. The number of carbonyl (C=O) groups excluding carboxylic acids is 3. The van der Waals surface area contributed by atoms with E-state index in [1.807, 2.05) is 6.92 Å². The van der Waals surface area contributed by atoms with E-state index in [0.29, 0.717) is 40.5 Å². The molecule has 0 aliphatic carbocycles. The molecular weight excluding hydrogens is 424 g/mol. The monoisotopic (exact) mass is 452 g/mol. The van der Waals surface area contributed by atoms with E-state index in [1.54, 1.807) is 62.6 Å². The molecule has 0 saturated carbocycles. The normalized spacial score (nSPS) is 15.6. The molecule has 0 radical (unpaired) electrons.